The summed E-state index contributed by atoms with van der Waals surface area (Å²) in [5, 5.41) is 9.41. The summed E-state index contributed by atoms with van der Waals surface area (Å²) in [7, 11) is 0. The van der Waals surface area contributed by atoms with E-state index in [1.165, 1.54) is 19.3 Å². The topological polar surface area (TPSA) is 48.9 Å². The van der Waals surface area contributed by atoms with Crippen LogP contribution in [0.4, 0.5) is 0 Å². The van der Waals surface area contributed by atoms with Crippen molar-refractivity contribution in [3.05, 3.63) is 24.0 Å². The SMILES string of the molecule is Oc1ccc2nc(C3C4CCCC43)[nH]c2c1. The van der Waals surface area contributed by atoms with Gasteiger partial charge in [-0.15, -0.1) is 0 Å². The van der Waals surface area contributed by atoms with Crippen molar-refractivity contribution in [1.82, 2.24) is 9.97 Å². The molecule has 1 aromatic carbocycles. The number of aromatic hydroxyl groups is 1. The quantitative estimate of drug-likeness (QED) is 0.766. The summed E-state index contributed by atoms with van der Waals surface area (Å²) in [5.74, 6) is 3.88. The van der Waals surface area contributed by atoms with Crippen molar-refractivity contribution < 1.29 is 5.11 Å². The molecule has 2 N–H and O–H groups in total. The van der Waals surface area contributed by atoms with Crippen molar-refractivity contribution in [2.24, 2.45) is 11.8 Å². The predicted octanol–water partition coefficient (Wildman–Crippen LogP) is 2.78. The number of rotatable bonds is 1. The van der Waals surface area contributed by atoms with E-state index in [1.54, 1.807) is 12.1 Å². The summed E-state index contributed by atoms with van der Waals surface area (Å²) in [6.07, 6.45) is 4.14. The Morgan fingerprint density at radius 2 is 2.06 bits per heavy atom. The smallest absolute Gasteiger partial charge is 0.117 e. The van der Waals surface area contributed by atoms with Gasteiger partial charge in [-0.25, -0.2) is 4.98 Å². The van der Waals surface area contributed by atoms with Crippen molar-refractivity contribution in [2.75, 3.05) is 0 Å². The van der Waals surface area contributed by atoms with Gasteiger partial charge in [0.05, 0.1) is 11.0 Å². The molecule has 0 spiro atoms. The lowest BCUT2D eigenvalue weighted by molar-refractivity contribution is 0.476. The van der Waals surface area contributed by atoms with Crippen LogP contribution >= 0.6 is 0 Å². The highest BCUT2D eigenvalue weighted by Gasteiger charge is 2.54. The Kier molecular flexibility index (Phi) is 1.50. The van der Waals surface area contributed by atoms with E-state index in [0.717, 1.165) is 28.7 Å². The third kappa shape index (κ3) is 1.06. The number of nitrogens with one attached hydrogen (secondary N) is 1. The minimum Gasteiger partial charge on any atom is -0.508 e. The standard InChI is InChI=1S/C13H14N2O/c16-7-4-5-10-11(6-7)15-13(14-10)12-8-2-1-3-9(8)12/h4-6,8-9,12,16H,1-3H2,(H,14,15). The van der Waals surface area contributed by atoms with Crippen LogP contribution in [0.3, 0.4) is 0 Å². The molecule has 2 atom stereocenters. The second-order valence-corrected chi connectivity index (χ2v) is 5.11. The molecular formula is C13H14N2O. The van der Waals surface area contributed by atoms with Gasteiger partial charge in [0.25, 0.3) is 0 Å². The highest BCUT2D eigenvalue weighted by molar-refractivity contribution is 5.76. The first-order valence-electron chi connectivity index (χ1n) is 6.01. The molecule has 2 aliphatic carbocycles. The van der Waals surface area contributed by atoms with Crippen molar-refractivity contribution in [3.8, 4) is 5.75 Å². The van der Waals surface area contributed by atoms with Crippen molar-refractivity contribution in [1.29, 1.82) is 0 Å². The van der Waals surface area contributed by atoms with E-state index in [0.29, 0.717) is 11.7 Å². The van der Waals surface area contributed by atoms with Crippen LogP contribution in [-0.2, 0) is 0 Å². The molecule has 2 unspecified atom stereocenters. The first-order chi connectivity index (χ1) is 7.83. The van der Waals surface area contributed by atoms with Crippen molar-refractivity contribution >= 4 is 11.0 Å². The molecule has 0 bridgehead atoms. The Bertz CT molecular complexity index is 550. The zero-order chi connectivity index (χ0) is 10.7. The Balaban J connectivity index is 1.76. The van der Waals surface area contributed by atoms with Gasteiger partial charge in [0.1, 0.15) is 11.6 Å². The van der Waals surface area contributed by atoms with Crippen LogP contribution < -0.4 is 0 Å². The number of aromatic amines is 1. The fourth-order valence-corrected chi connectivity index (χ4v) is 3.40. The van der Waals surface area contributed by atoms with E-state index in [1.807, 2.05) is 6.07 Å². The average Bonchev–Trinajstić information content (AvgIpc) is 2.68. The van der Waals surface area contributed by atoms with Crippen molar-refractivity contribution in [2.45, 2.75) is 25.2 Å². The number of imidazole rings is 1. The lowest BCUT2D eigenvalue weighted by atomic mass is 10.1. The summed E-state index contributed by atoms with van der Waals surface area (Å²) in [5.41, 5.74) is 1.93. The van der Waals surface area contributed by atoms with Crippen LogP contribution in [0.2, 0.25) is 0 Å². The van der Waals surface area contributed by atoms with E-state index in [-0.39, 0.29) is 0 Å². The molecule has 0 saturated heterocycles. The maximum atomic E-state index is 9.41. The molecule has 2 aromatic rings. The zero-order valence-corrected chi connectivity index (χ0v) is 8.98. The molecule has 16 heavy (non-hydrogen) atoms. The molecule has 4 rings (SSSR count). The number of hydrogen-bond donors (Lipinski definition) is 2. The number of phenolic OH excluding ortho intramolecular Hbond substituents is 1. The summed E-state index contributed by atoms with van der Waals surface area (Å²) >= 11 is 0. The van der Waals surface area contributed by atoms with Crippen LogP contribution in [-0.4, -0.2) is 15.1 Å². The van der Waals surface area contributed by atoms with Gasteiger partial charge in [-0.3, -0.25) is 0 Å². The fourth-order valence-electron chi connectivity index (χ4n) is 3.40. The number of phenols is 1. The number of nitrogens with zero attached hydrogens (tertiary/aromatic N) is 1. The summed E-state index contributed by atoms with van der Waals surface area (Å²) in [6, 6.07) is 5.33. The zero-order valence-electron chi connectivity index (χ0n) is 8.98. The Morgan fingerprint density at radius 1 is 1.25 bits per heavy atom. The number of fused-ring (bicyclic) bond motifs is 2. The third-order valence-electron chi connectivity index (χ3n) is 4.21. The van der Waals surface area contributed by atoms with Gasteiger partial charge < -0.3 is 10.1 Å². The molecule has 2 saturated carbocycles. The third-order valence-corrected chi connectivity index (χ3v) is 4.21. The normalized spacial score (nSPS) is 31.9. The monoisotopic (exact) mass is 214 g/mol. The lowest BCUT2D eigenvalue weighted by Gasteiger charge is -1.97. The lowest BCUT2D eigenvalue weighted by Crippen LogP contribution is -1.89. The molecule has 0 amide bonds. The van der Waals surface area contributed by atoms with Crippen LogP contribution in [0.5, 0.6) is 5.75 Å². The van der Waals surface area contributed by atoms with E-state index >= 15 is 0 Å². The molecule has 3 nitrogen and oxygen atoms in total. The summed E-state index contributed by atoms with van der Waals surface area (Å²) in [6.45, 7) is 0. The van der Waals surface area contributed by atoms with Crippen LogP contribution in [0.1, 0.15) is 31.0 Å². The number of aromatic nitrogens is 2. The fraction of sp³-hybridized carbons (Fsp3) is 0.462. The minimum atomic E-state index is 0.304. The van der Waals surface area contributed by atoms with E-state index < -0.39 is 0 Å². The molecule has 0 radical (unpaired) electrons. The van der Waals surface area contributed by atoms with Gasteiger partial charge in [0.2, 0.25) is 0 Å². The van der Waals surface area contributed by atoms with Crippen LogP contribution in [0.15, 0.2) is 18.2 Å². The molecule has 3 heteroatoms. The van der Waals surface area contributed by atoms with Gasteiger partial charge in [0.15, 0.2) is 0 Å². The molecule has 1 heterocycles. The summed E-state index contributed by atoms with van der Waals surface area (Å²) < 4.78 is 0. The van der Waals surface area contributed by atoms with E-state index in [4.69, 9.17) is 0 Å². The molecule has 2 fully saturated rings. The average molecular weight is 214 g/mol. The molecule has 0 aliphatic heterocycles. The Morgan fingerprint density at radius 3 is 2.88 bits per heavy atom. The Hall–Kier alpha value is -1.51. The molecule has 1 aromatic heterocycles. The molecular weight excluding hydrogens is 200 g/mol. The first-order valence-corrected chi connectivity index (χ1v) is 6.01. The number of benzene rings is 1. The highest BCUT2D eigenvalue weighted by Crippen LogP contribution is 2.62. The second-order valence-electron chi connectivity index (χ2n) is 5.11. The van der Waals surface area contributed by atoms with Gasteiger partial charge in [-0.05, 0) is 36.8 Å². The largest absolute Gasteiger partial charge is 0.508 e. The highest BCUT2D eigenvalue weighted by atomic mass is 16.3. The molecule has 2 aliphatic rings. The van der Waals surface area contributed by atoms with Gasteiger partial charge in [-0.1, -0.05) is 6.42 Å². The van der Waals surface area contributed by atoms with E-state index in [2.05, 4.69) is 9.97 Å². The van der Waals surface area contributed by atoms with Gasteiger partial charge >= 0.3 is 0 Å². The van der Waals surface area contributed by atoms with Gasteiger partial charge in [0, 0.05) is 12.0 Å². The first kappa shape index (κ1) is 8.62. The van der Waals surface area contributed by atoms with Crippen LogP contribution in [0, 0.1) is 11.8 Å². The van der Waals surface area contributed by atoms with E-state index in [9.17, 15) is 5.11 Å². The maximum absolute atomic E-state index is 9.41. The predicted molar refractivity (Wildman–Crippen MR) is 61.3 cm³/mol. The number of hydrogen-bond acceptors (Lipinski definition) is 2. The van der Waals surface area contributed by atoms with Gasteiger partial charge in [-0.2, -0.15) is 0 Å². The second kappa shape index (κ2) is 2.78. The van der Waals surface area contributed by atoms with Crippen LogP contribution in [0.25, 0.3) is 11.0 Å². The Labute approximate surface area is 93.5 Å². The number of H-pyrrole nitrogens is 1. The summed E-state index contributed by atoms with van der Waals surface area (Å²) in [4.78, 5) is 7.99. The van der Waals surface area contributed by atoms with Crippen molar-refractivity contribution in [3.63, 3.8) is 0 Å². The molecule has 82 valence electrons. The minimum absolute atomic E-state index is 0.304. The maximum Gasteiger partial charge on any atom is 0.117 e.